The van der Waals surface area contributed by atoms with Crippen LogP contribution in [-0.4, -0.2) is 37.1 Å². The van der Waals surface area contributed by atoms with Crippen LogP contribution in [0.4, 0.5) is 4.39 Å². The van der Waals surface area contributed by atoms with E-state index in [-0.39, 0.29) is 5.82 Å². The van der Waals surface area contributed by atoms with Gasteiger partial charge in [0.2, 0.25) is 0 Å². The third-order valence-electron chi connectivity index (χ3n) is 5.43. The van der Waals surface area contributed by atoms with Crippen LogP contribution in [0.2, 0.25) is 0 Å². The molecule has 3 heteroatoms. The van der Waals surface area contributed by atoms with E-state index in [1.54, 1.807) is 12.1 Å². The van der Waals surface area contributed by atoms with Crippen LogP contribution in [-0.2, 0) is 0 Å². The molecule has 0 aromatic heterocycles. The summed E-state index contributed by atoms with van der Waals surface area (Å²) >= 11 is 0. The molecular formula is C17H25FN2. The van der Waals surface area contributed by atoms with Gasteiger partial charge in [-0.25, -0.2) is 4.39 Å². The van der Waals surface area contributed by atoms with Gasteiger partial charge in [0, 0.05) is 18.1 Å². The maximum atomic E-state index is 12.9. The minimum Gasteiger partial charge on any atom is -0.312 e. The van der Waals surface area contributed by atoms with Crippen molar-refractivity contribution in [3.05, 3.63) is 35.6 Å². The molecular weight excluding hydrogens is 251 g/mol. The van der Waals surface area contributed by atoms with Crippen molar-refractivity contribution < 1.29 is 4.39 Å². The molecule has 2 nitrogen and oxygen atoms in total. The number of halogens is 1. The molecule has 0 aliphatic heterocycles. The van der Waals surface area contributed by atoms with E-state index in [1.807, 2.05) is 12.1 Å². The second-order valence-electron chi connectivity index (χ2n) is 6.77. The third-order valence-corrected chi connectivity index (χ3v) is 5.43. The lowest BCUT2D eigenvalue weighted by Crippen LogP contribution is -2.58. The topological polar surface area (TPSA) is 15.3 Å². The molecule has 0 saturated heterocycles. The molecule has 2 saturated carbocycles. The van der Waals surface area contributed by atoms with E-state index in [2.05, 4.69) is 24.3 Å². The lowest BCUT2D eigenvalue weighted by molar-refractivity contribution is 0.0524. The highest BCUT2D eigenvalue weighted by molar-refractivity contribution is 5.23. The second kappa shape index (κ2) is 5.45. The molecule has 1 aromatic rings. The fourth-order valence-electron chi connectivity index (χ4n) is 3.49. The molecule has 1 N–H and O–H groups in total. The van der Waals surface area contributed by atoms with E-state index in [0.717, 1.165) is 6.54 Å². The summed E-state index contributed by atoms with van der Waals surface area (Å²) in [7, 11) is 4.39. The fraction of sp³-hybridized carbons (Fsp3) is 0.647. The lowest BCUT2D eigenvalue weighted by atomic mass is 9.73. The zero-order valence-corrected chi connectivity index (χ0v) is 12.5. The van der Waals surface area contributed by atoms with Crippen LogP contribution in [0.5, 0.6) is 0 Å². The lowest BCUT2D eigenvalue weighted by Gasteiger charge is -2.49. The van der Waals surface area contributed by atoms with E-state index in [4.69, 9.17) is 0 Å². The molecule has 2 aliphatic carbocycles. The third kappa shape index (κ3) is 2.61. The molecule has 0 amide bonds. The predicted molar refractivity (Wildman–Crippen MR) is 80.4 cm³/mol. The van der Waals surface area contributed by atoms with Crippen molar-refractivity contribution in [2.24, 2.45) is 0 Å². The largest absolute Gasteiger partial charge is 0.312 e. The number of nitrogens with one attached hydrogen (secondary N) is 1. The van der Waals surface area contributed by atoms with Crippen molar-refractivity contribution in [1.29, 1.82) is 0 Å². The Morgan fingerprint density at radius 3 is 2.35 bits per heavy atom. The average Bonchev–Trinajstić information content (AvgIpc) is 2.31. The number of nitrogens with zero attached hydrogens (tertiary/aromatic N) is 1. The Morgan fingerprint density at radius 2 is 1.85 bits per heavy atom. The van der Waals surface area contributed by atoms with Gasteiger partial charge in [0.15, 0.2) is 0 Å². The summed E-state index contributed by atoms with van der Waals surface area (Å²) in [6.45, 7) is 1.11. The Labute approximate surface area is 121 Å². The van der Waals surface area contributed by atoms with Crippen molar-refractivity contribution >= 4 is 0 Å². The predicted octanol–water partition coefficient (Wildman–Crippen LogP) is 3.15. The normalized spacial score (nSPS) is 28.0. The van der Waals surface area contributed by atoms with Crippen LogP contribution in [0.1, 0.15) is 43.6 Å². The molecule has 2 fully saturated rings. The molecule has 3 rings (SSSR count). The summed E-state index contributed by atoms with van der Waals surface area (Å²) in [5, 5.41) is 3.74. The van der Waals surface area contributed by atoms with Crippen LogP contribution in [0.25, 0.3) is 0 Å². The molecule has 0 heterocycles. The summed E-state index contributed by atoms with van der Waals surface area (Å²) < 4.78 is 12.9. The first-order valence-electron chi connectivity index (χ1n) is 7.75. The maximum Gasteiger partial charge on any atom is 0.123 e. The molecule has 0 radical (unpaired) electrons. The summed E-state index contributed by atoms with van der Waals surface area (Å²) in [6.07, 6.45) is 6.38. The molecule has 0 atom stereocenters. The fourth-order valence-corrected chi connectivity index (χ4v) is 3.49. The Hall–Kier alpha value is -0.930. The molecule has 0 bridgehead atoms. The van der Waals surface area contributed by atoms with Gasteiger partial charge in [-0.3, -0.25) is 0 Å². The van der Waals surface area contributed by atoms with Gasteiger partial charge in [-0.2, -0.15) is 0 Å². The molecule has 0 unspecified atom stereocenters. The first-order chi connectivity index (χ1) is 9.59. The number of likely N-dealkylation sites (N-methyl/N-ethyl adjacent to an activating group) is 1. The van der Waals surface area contributed by atoms with Crippen LogP contribution in [0.3, 0.4) is 0 Å². The molecule has 2 aliphatic rings. The summed E-state index contributed by atoms with van der Waals surface area (Å²) in [5.41, 5.74) is 1.69. The number of hydrogen-bond acceptors (Lipinski definition) is 2. The van der Waals surface area contributed by atoms with E-state index in [1.165, 1.54) is 37.7 Å². The van der Waals surface area contributed by atoms with E-state index < -0.39 is 0 Å². The van der Waals surface area contributed by atoms with E-state index in [9.17, 15) is 4.39 Å². The highest BCUT2D eigenvalue weighted by atomic mass is 19.1. The van der Waals surface area contributed by atoms with Gasteiger partial charge >= 0.3 is 0 Å². The Balaban J connectivity index is 1.45. The summed E-state index contributed by atoms with van der Waals surface area (Å²) in [5.74, 6) is 0.477. The summed E-state index contributed by atoms with van der Waals surface area (Å²) in [4.78, 5) is 2.39. The molecule has 0 spiro atoms. The van der Waals surface area contributed by atoms with Crippen LogP contribution in [0, 0.1) is 5.82 Å². The average molecular weight is 276 g/mol. The van der Waals surface area contributed by atoms with Crippen molar-refractivity contribution in [2.75, 3.05) is 20.6 Å². The van der Waals surface area contributed by atoms with Gasteiger partial charge in [0.1, 0.15) is 5.82 Å². The van der Waals surface area contributed by atoms with Gasteiger partial charge in [0.25, 0.3) is 0 Å². The van der Waals surface area contributed by atoms with Crippen LogP contribution in [0.15, 0.2) is 24.3 Å². The van der Waals surface area contributed by atoms with Gasteiger partial charge in [-0.1, -0.05) is 12.1 Å². The van der Waals surface area contributed by atoms with Crippen molar-refractivity contribution in [2.45, 2.75) is 49.6 Å². The first kappa shape index (κ1) is 14.0. The Morgan fingerprint density at radius 1 is 1.20 bits per heavy atom. The molecule has 110 valence electrons. The van der Waals surface area contributed by atoms with E-state index in [0.29, 0.717) is 17.5 Å². The van der Waals surface area contributed by atoms with Gasteiger partial charge in [0.05, 0.1) is 0 Å². The minimum atomic E-state index is -0.138. The zero-order valence-electron chi connectivity index (χ0n) is 12.5. The smallest absolute Gasteiger partial charge is 0.123 e. The monoisotopic (exact) mass is 276 g/mol. The Kier molecular flexibility index (Phi) is 3.83. The molecule has 1 aromatic carbocycles. The van der Waals surface area contributed by atoms with Crippen LogP contribution >= 0.6 is 0 Å². The second-order valence-corrected chi connectivity index (χ2v) is 6.77. The quantitative estimate of drug-likeness (QED) is 0.889. The zero-order chi connectivity index (χ0) is 14.2. The van der Waals surface area contributed by atoms with Gasteiger partial charge < -0.3 is 10.2 Å². The number of hydrogen-bond donors (Lipinski definition) is 1. The van der Waals surface area contributed by atoms with E-state index >= 15 is 0 Å². The highest BCUT2D eigenvalue weighted by Crippen LogP contribution is 2.39. The number of rotatable bonds is 5. The van der Waals surface area contributed by atoms with Crippen LogP contribution < -0.4 is 5.32 Å². The van der Waals surface area contributed by atoms with Crippen molar-refractivity contribution in [3.8, 4) is 0 Å². The summed E-state index contributed by atoms with van der Waals surface area (Å²) in [6, 6.07) is 7.66. The molecule has 20 heavy (non-hydrogen) atoms. The van der Waals surface area contributed by atoms with Crippen molar-refractivity contribution in [1.82, 2.24) is 10.2 Å². The standard InChI is InChI=1S/C17H25FN2/c1-20(2)17(8-3-9-17)12-19-16-10-14(11-16)13-4-6-15(18)7-5-13/h4-7,14,16,19H,3,8-12H2,1-2H3. The SMILES string of the molecule is CN(C)C1(CNC2CC(c3ccc(F)cc3)C2)CCC1. The van der Waals surface area contributed by atoms with Crippen molar-refractivity contribution in [3.63, 3.8) is 0 Å². The first-order valence-corrected chi connectivity index (χ1v) is 7.75. The highest BCUT2D eigenvalue weighted by Gasteiger charge is 2.40. The number of benzene rings is 1. The van der Waals surface area contributed by atoms with Gasteiger partial charge in [-0.05, 0) is 69.8 Å². The minimum absolute atomic E-state index is 0.138. The van der Waals surface area contributed by atoms with Gasteiger partial charge in [-0.15, -0.1) is 0 Å². The maximum absolute atomic E-state index is 12.9. The Bertz CT molecular complexity index is 445.